The summed E-state index contributed by atoms with van der Waals surface area (Å²) in [5, 5.41) is 13.8. The van der Waals surface area contributed by atoms with Crippen molar-refractivity contribution < 1.29 is 4.39 Å². The van der Waals surface area contributed by atoms with Crippen molar-refractivity contribution in [3.63, 3.8) is 0 Å². The lowest BCUT2D eigenvalue weighted by molar-refractivity contribution is 0.626. The lowest BCUT2D eigenvalue weighted by Crippen LogP contribution is -2.00. The number of thioether (sulfide) groups is 1. The van der Waals surface area contributed by atoms with Gasteiger partial charge in [-0.15, -0.1) is 11.8 Å². The molecule has 0 saturated heterocycles. The minimum Gasteiger partial charge on any atom is -0.238 e. The molecule has 25 heavy (non-hydrogen) atoms. The van der Waals surface area contributed by atoms with Gasteiger partial charge in [-0.05, 0) is 69.3 Å². The van der Waals surface area contributed by atoms with E-state index in [4.69, 9.17) is 5.26 Å². The van der Waals surface area contributed by atoms with Crippen LogP contribution in [0, 0.1) is 31.0 Å². The number of hydrogen-bond donors (Lipinski definition) is 0. The number of nitriles is 1. The van der Waals surface area contributed by atoms with Gasteiger partial charge in [-0.2, -0.15) is 10.4 Å². The average Bonchev–Trinajstić information content (AvgIpc) is 2.91. The number of rotatable bonds is 4. The van der Waals surface area contributed by atoms with Crippen molar-refractivity contribution in [3.05, 3.63) is 76.9 Å². The van der Waals surface area contributed by atoms with Gasteiger partial charge in [0.15, 0.2) is 0 Å². The summed E-state index contributed by atoms with van der Waals surface area (Å²) in [7, 11) is 0. The van der Waals surface area contributed by atoms with E-state index in [1.165, 1.54) is 17.7 Å². The Kier molecular flexibility index (Phi) is 4.91. The molecule has 3 nitrogen and oxygen atoms in total. The fourth-order valence-electron chi connectivity index (χ4n) is 2.95. The van der Waals surface area contributed by atoms with Crippen LogP contribution in [-0.4, -0.2) is 9.78 Å². The summed E-state index contributed by atoms with van der Waals surface area (Å²) in [6.07, 6.45) is 0. The Hall–Kier alpha value is -2.58. The molecule has 0 amide bonds. The van der Waals surface area contributed by atoms with Gasteiger partial charge in [0.2, 0.25) is 0 Å². The lowest BCUT2D eigenvalue weighted by Gasteiger charge is -2.13. The highest BCUT2D eigenvalue weighted by Gasteiger charge is 2.19. The molecule has 0 aliphatic heterocycles. The molecule has 1 aromatic heterocycles. The molecule has 0 radical (unpaired) electrons. The Morgan fingerprint density at radius 2 is 1.72 bits per heavy atom. The van der Waals surface area contributed by atoms with Gasteiger partial charge in [0.1, 0.15) is 5.82 Å². The largest absolute Gasteiger partial charge is 0.238 e. The fourth-order valence-corrected chi connectivity index (χ4v) is 4.11. The second kappa shape index (κ2) is 7.12. The minimum atomic E-state index is -0.224. The first-order valence-corrected chi connectivity index (χ1v) is 8.86. The number of hydrogen-bond acceptors (Lipinski definition) is 3. The van der Waals surface area contributed by atoms with Gasteiger partial charge in [0, 0.05) is 21.4 Å². The maximum absolute atomic E-state index is 13.1. The third-order valence-electron chi connectivity index (χ3n) is 4.12. The van der Waals surface area contributed by atoms with Crippen LogP contribution in [0.3, 0.4) is 0 Å². The summed E-state index contributed by atoms with van der Waals surface area (Å²) in [4.78, 5) is 1.03. The van der Waals surface area contributed by atoms with Gasteiger partial charge in [-0.1, -0.05) is 0 Å². The molecular weight excluding hydrogens is 333 g/mol. The predicted molar refractivity (Wildman–Crippen MR) is 98.4 cm³/mol. The molecule has 0 aliphatic carbocycles. The van der Waals surface area contributed by atoms with Crippen molar-refractivity contribution in [2.75, 3.05) is 0 Å². The molecule has 1 unspecified atom stereocenters. The van der Waals surface area contributed by atoms with Crippen LogP contribution in [0.5, 0.6) is 0 Å². The summed E-state index contributed by atoms with van der Waals surface area (Å²) in [6, 6.07) is 16.1. The summed E-state index contributed by atoms with van der Waals surface area (Å²) in [5.74, 6) is -0.224. The summed E-state index contributed by atoms with van der Waals surface area (Å²) < 4.78 is 15.0. The molecule has 126 valence electrons. The maximum atomic E-state index is 13.1. The van der Waals surface area contributed by atoms with E-state index in [1.807, 2.05) is 23.7 Å². The molecular formula is C20H18FN3S. The fraction of sp³-hybridized carbons (Fsp3) is 0.200. The van der Waals surface area contributed by atoms with Crippen molar-refractivity contribution in [1.82, 2.24) is 9.78 Å². The molecule has 0 bridgehead atoms. The van der Waals surface area contributed by atoms with E-state index in [0.717, 1.165) is 22.0 Å². The van der Waals surface area contributed by atoms with E-state index in [9.17, 15) is 4.39 Å². The summed E-state index contributed by atoms with van der Waals surface area (Å²) in [5.41, 5.74) is 4.79. The molecule has 1 heterocycles. The summed E-state index contributed by atoms with van der Waals surface area (Å²) >= 11 is 1.69. The number of benzene rings is 2. The third-order valence-corrected chi connectivity index (χ3v) is 5.25. The normalized spacial score (nSPS) is 12.0. The topological polar surface area (TPSA) is 41.6 Å². The number of aromatic nitrogens is 2. The quantitative estimate of drug-likeness (QED) is 0.595. The standard InChI is InChI=1S/C20H18FN3S/c1-13-20(15(3)25-19-10-6-17(21)7-11-19)14(2)24(23-13)18-8-4-16(12-22)5-9-18/h4-11,15H,1-3H3. The van der Waals surface area contributed by atoms with Crippen molar-refractivity contribution in [2.45, 2.75) is 30.9 Å². The molecule has 1 atom stereocenters. The maximum Gasteiger partial charge on any atom is 0.123 e. The van der Waals surface area contributed by atoms with Gasteiger partial charge in [0.05, 0.1) is 23.0 Å². The number of nitrogens with zero attached hydrogens (tertiary/aromatic N) is 3. The first-order chi connectivity index (χ1) is 12.0. The summed E-state index contributed by atoms with van der Waals surface area (Å²) in [6.45, 7) is 6.19. The van der Waals surface area contributed by atoms with E-state index in [0.29, 0.717) is 5.56 Å². The van der Waals surface area contributed by atoms with Crippen molar-refractivity contribution >= 4 is 11.8 Å². The Labute approximate surface area is 151 Å². The van der Waals surface area contributed by atoms with Crippen LogP contribution in [-0.2, 0) is 0 Å². The Balaban J connectivity index is 1.90. The second-order valence-electron chi connectivity index (χ2n) is 5.87. The molecule has 3 aromatic rings. The molecule has 5 heteroatoms. The van der Waals surface area contributed by atoms with Crippen LogP contribution >= 0.6 is 11.8 Å². The highest BCUT2D eigenvalue weighted by molar-refractivity contribution is 7.99. The van der Waals surface area contributed by atoms with E-state index < -0.39 is 0 Å². The lowest BCUT2D eigenvalue weighted by atomic mass is 10.1. The first kappa shape index (κ1) is 17.2. The first-order valence-electron chi connectivity index (χ1n) is 7.98. The highest BCUT2D eigenvalue weighted by Crippen LogP contribution is 2.38. The third kappa shape index (κ3) is 3.59. The molecule has 0 N–H and O–H groups in total. The van der Waals surface area contributed by atoms with Crippen LogP contribution in [0.15, 0.2) is 53.4 Å². The molecule has 0 saturated carbocycles. The zero-order valence-corrected chi connectivity index (χ0v) is 15.1. The van der Waals surface area contributed by atoms with Gasteiger partial charge in [-0.3, -0.25) is 0 Å². The Bertz CT molecular complexity index is 921. The molecule has 3 rings (SSSR count). The van der Waals surface area contributed by atoms with E-state index in [1.54, 1.807) is 36.0 Å². The molecule has 0 fully saturated rings. The van der Waals surface area contributed by atoms with Gasteiger partial charge in [-0.25, -0.2) is 9.07 Å². The second-order valence-corrected chi connectivity index (χ2v) is 7.28. The molecule has 0 aliphatic rings. The van der Waals surface area contributed by atoms with Crippen molar-refractivity contribution in [2.24, 2.45) is 0 Å². The highest BCUT2D eigenvalue weighted by atomic mass is 32.2. The van der Waals surface area contributed by atoms with Crippen molar-refractivity contribution in [1.29, 1.82) is 5.26 Å². The average molecular weight is 351 g/mol. The van der Waals surface area contributed by atoms with Crippen LogP contribution in [0.2, 0.25) is 0 Å². The Morgan fingerprint density at radius 3 is 2.32 bits per heavy atom. The zero-order valence-electron chi connectivity index (χ0n) is 14.3. The number of halogens is 1. The molecule has 0 spiro atoms. The van der Waals surface area contributed by atoms with Crippen LogP contribution in [0.4, 0.5) is 4.39 Å². The smallest absolute Gasteiger partial charge is 0.123 e. The van der Waals surface area contributed by atoms with Crippen molar-refractivity contribution in [3.8, 4) is 11.8 Å². The zero-order chi connectivity index (χ0) is 18.0. The Morgan fingerprint density at radius 1 is 1.08 bits per heavy atom. The minimum absolute atomic E-state index is 0.192. The monoisotopic (exact) mass is 351 g/mol. The van der Waals surface area contributed by atoms with Crippen LogP contribution in [0.25, 0.3) is 5.69 Å². The van der Waals surface area contributed by atoms with E-state index >= 15 is 0 Å². The van der Waals surface area contributed by atoms with Gasteiger partial charge < -0.3 is 0 Å². The van der Waals surface area contributed by atoms with E-state index in [-0.39, 0.29) is 11.1 Å². The predicted octanol–water partition coefficient (Wildman–Crippen LogP) is 5.35. The molecule has 2 aromatic carbocycles. The van der Waals surface area contributed by atoms with Gasteiger partial charge >= 0.3 is 0 Å². The van der Waals surface area contributed by atoms with E-state index in [2.05, 4.69) is 25.0 Å². The van der Waals surface area contributed by atoms with Gasteiger partial charge in [0.25, 0.3) is 0 Å². The van der Waals surface area contributed by atoms with Crippen LogP contribution < -0.4 is 0 Å². The van der Waals surface area contributed by atoms with Crippen LogP contribution in [0.1, 0.15) is 34.7 Å². The number of aryl methyl sites for hydroxylation is 1. The SMILES string of the molecule is Cc1nn(-c2ccc(C#N)cc2)c(C)c1C(C)Sc1ccc(F)cc1.